The molecule has 12 heteroatoms. The first kappa shape index (κ1) is 48.0. The number of benzene rings is 1. The van der Waals surface area contributed by atoms with Crippen molar-refractivity contribution in [1.29, 1.82) is 0 Å². The molecule has 330 valence electrons. The highest BCUT2D eigenvalue weighted by Crippen LogP contribution is 2.66. The van der Waals surface area contributed by atoms with Crippen molar-refractivity contribution in [2.45, 2.75) is 171 Å². The number of nitrogens with one attached hydrogen (secondary N) is 1. The monoisotopic (exact) mass is 832 g/mol. The molecule has 2 saturated heterocycles. The zero-order chi connectivity index (χ0) is 44.7. The standard InChI is InChI=1S/C48H68N2O10/c1-29(2)15-11-16-30(3)17-12-18-31(4)19-13-20-32(5)22-23-35-36(28-50-26-14-21-38(50)42(54)49-37(43(55)56)27-39(51)52)41(34(7)33(6)40(35)53)59-45(58)48-25-24-47(10,44(57)60-48)46(48,8)9/h15,17,19,22,37-38,53H,11-14,16,18,20-21,23-28H2,1-10H3,(H,49,54)(H,51,52)(H,55,56)/b30-17+,31-19+,32-22+/t37-,38-,47+,48-/m1/s1. The quantitative estimate of drug-likeness (QED) is 0.0561. The van der Waals surface area contributed by atoms with Gasteiger partial charge in [0.15, 0.2) is 0 Å². The lowest BCUT2D eigenvalue weighted by Crippen LogP contribution is -2.50. The van der Waals surface area contributed by atoms with E-state index in [0.717, 1.165) is 44.1 Å². The Bertz CT molecular complexity index is 1970. The molecule has 1 aromatic rings. The second-order valence-corrected chi connectivity index (χ2v) is 18.3. The van der Waals surface area contributed by atoms with Crippen molar-refractivity contribution >= 4 is 29.8 Å². The molecule has 0 unspecified atom stereocenters. The third kappa shape index (κ3) is 10.4. The molecule has 2 heterocycles. The van der Waals surface area contributed by atoms with Crippen molar-refractivity contribution in [3.63, 3.8) is 0 Å². The number of phenolic OH excluding ortho intramolecular Hbond substituents is 1. The molecule has 0 aromatic heterocycles. The van der Waals surface area contributed by atoms with Gasteiger partial charge >= 0.3 is 23.9 Å². The van der Waals surface area contributed by atoms with Crippen LogP contribution in [-0.2, 0) is 41.7 Å². The second-order valence-electron chi connectivity index (χ2n) is 18.3. The number of carbonyl (C=O) groups excluding carboxylic acids is 3. The summed E-state index contributed by atoms with van der Waals surface area (Å²) in [4.78, 5) is 66.2. The number of carbonyl (C=O) groups is 5. The molecule has 3 aliphatic rings. The smallest absolute Gasteiger partial charge is 0.356 e. The summed E-state index contributed by atoms with van der Waals surface area (Å²) >= 11 is 0. The number of carboxylic acids is 2. The zero-order valence-corrected chi connectivity index (χ0v) is 37.5. The lowest BCUT2D eigenvalue weighted by atomic mass is 9.66. The second kappa shape index (κ2) is 19.8. The van der Waals surface area contributed by atoms with E-state index in [-0.39, 0.29) is 18.0 Å². The summed E-state index contributed by atoms with van der Waals surface area (Å²) in [7, 11) is 0. The first-order valence-electron chi connectivity index (χ1n) is 21.4. The third-order valence-electron chi connectivity index (χ3n) is 13.6. The largest absolute Gasteiger partial charge is 0.507 e. The summed E-state index contributed by atoms with van der Waals surface area (Å²) in [5.41, 5.74) is 4.01. The van der Waals surface area contributed by atoms with E-state index in [9.17, 15) is 39.3 Å². The topological polar surface area (TPSA) is 180 Å². The average Bonchev–Trinajstić information content (AvgIpc) is 3.75. The van der Waals surface area contributed by atoms with Crippen LogP contribution < -0.4 is 10.1 Å². The Morgan fingerprint density at radius 1 is 0.867 bits per heavy atom. The van der Waals surface area contributed by atoms with Gasteiger partial charge in [-0.2, -0.15) is 0 Å². The molecule has 0 spiro atoms. The number of aliphatic carboxylic acids is 2. The maximum absolute atomic E-state index is 14.4. The predicted octanol–water partition coefficient (Wildman–Crippen LogP) is 8.73. The van der Waals surface area contributed by atoms with E-state index in [2.05, 4.69) is 57.3 Å². The number of fused-ring (bicyclic) bond motifs is 2. The average molecular weight is 833 g/mol. The molecular formula is C48H68N2O10. The Kier molecular flexibility index (Phi) is 15.8. The van der Waals surface area contributed by atoms with Gasteiger partial charge in [0.25, 0.3) is 0 Å². The summed E-state index contributed by atoms with van der Waals surface area (Å²) in [5, 5.41) is 33.1. The molecule has 4 atom stereocenters. The van der Waals surface area contributed by atoms with Gasteiger partial charge in [0, 0.05) is 23.1 Å². The van der Waals surface area contributed by atoms with Gasteiger partial charge < -0.3 is 30.1 Å². The SMILES string of the molecule is CC(C)=CCC/C(C)=C/CC/C(C)=C/CC/C(C)=C/Cc1c(O)c(C)c(C)c(OC(=O)[C@@]23CC[C@@](C)(C(=O)O2)C3(C)C)c1CN1CCC[C@@H]1C(=O)N[C@H](CC(=O)O)C(=O)O. The fourth-order valence-electron chi connectivity index (χ4n) is 8.90. The number of hydrogen-bond acceptors (Lipinski definition) is 9. The van der Waals surface area contributed by atoms with E-state index in [1.54, 1.807) is 13.8 Å². The molecule has 60 heavy (non-hydrogen) atoms. The molecule has 3 fully saturated rings. The summed E-state index contributed by atoms with van der Waals surface area (Å²) in [5.74, 6) is -4.31. The van der Waals surface area contributed by atoms with Crippen LogP contribution >= 0.6 is 0 Å². The normalized spacial score (nSPS) is 23.3. The number of rotatable bonds is 20. The lowest BCUT2D eigenvalue weighted by Gasteiger charge is -2.35. The van der Waals surface area contributed by atoms with Crippen molar-refractivity contribution in [3.05, 3.63) is 68.9 Å². The van der Waals surface area contributed by atoms with E-state index in [1.165, 1.54) is 16.7 Å². The minimum atomic E-state index is -1.61. The Hall–Kier alpha value is -4.71. The Labute approximate surface area is 356 Å². The molecule has 4 N–H and O–H groups in total. The van der Waals surface area contributed by atoms with Crippen LogP contribution in [0.1, 0.15) is 148 Å². The van der Waals surface area contributed by atoms with Gasteiger partial charge in [-0.3, -0.25) is 19.3 Å². The fraction of sp³-hybridized carbons (Fsp3) is 0.604. The third-order valence-corrected chi connectivity index (χ3v) is 13.6. The van der Waals surface area contributed by atoms with Crippen LogP contribution in [0.5, 0.6) is 11.5 Å². The molecule has 2 aliphatic heterocycles. The lowest BCUT2D eigenvalue weighted by molar-refractivity contribution is -0.176. The van der Waals surface area contributed by atoms with E-state index < -0.39 is 64.7 Å². The number of aromatic hydroxyl groups is 1. The van der Waals surface area contributed by atoms with E-state index >= 15 is 0 Å². The Morgan fingerprint density at radius 3 is 1.97 bits per heavy atom. The molecule has 1 saturated carbocycles. The number of nitrogens with zero attached hydrogens (tertiary/aromatic N) is 1. The molecule has 4 rings (SSSR count). The van der Waals surface area contributed by atoms with Crippen LogP contribution in [0.15, 0.2) is 46.6 Å². The van der Waals surface area contributed by atoms with Gasteiger partial charge in [-0.15, -0.1) is 0 Å². The first-order chi connectivity index (χ1) is 28.1. The van der Waals surface area contributed by atoms with Gasteiger partial charge in [0.1, 0.15) is 17.5 Å². The molecule has 2 bridgehead atoms. The minimum absolute atomic E-state index is 0.0399. The number of esters is 2. The van der Waals surface area contributed by atoms with Crippen LogP contribution in [0, 0.1) is 24.7 Å². The van der Waals surface area contributed by atoms with Crippen LogP contribution in [-0.4, -0.2) is 74.2 Å². The summed E-state index contributed by atoms with van der Waals surface area (Å²) in [6.45, 7) is 20.2. The van der Waals surface area contributed by atoms with Crippen LogP contribution in [0.3, 0.4) is 0 Å². The molecule has 1 aromatic carbocycles. The molecular weight excluding hydrogens is 765 g/mol. The van der Waals surface area contributed by atoms with Crippen LogP contribution in [0.25, 0.3) is 0 Å². The maximum Gasteiger partial charge on any atom is 0.356 e. The summed E-state index contributed by atoms with van der Waals surface area (Å²) in [6.07, 6.45) is 16.0. The zero-order valence-electron chi connectivity index (χ0n) is 37.5. The summed E-state index contributed by atoms with van der Waals surface area (Å²) in [6, 6.07) is -2.42. The molecule has 12 nitrogen and oxygen atoms in total. The highest BCUT2D eigenvalue weighted by atomic mass is 16.6. The number of phenols is 1. The number of allylic oxidation sites excluding steroid dienone is 8. The number of amides is 1. The van der Waals surface area contributed by atoms with Crippen molar-refractivity contribution in [2.75, 3.05) is 6.54 Å². The van der Waals surface area contributed by atoms with Gasteiger partial charge in [-0.1, -0.05) is 60.4 Å². The Balaban J connectivity index is 1.63. The van der Waals surface area contributed by atoms with Crippen molar-refractivity contribution < 1.29 is 48.8 Å². The fourth-order valence-corrected chi connectivity index (χ4v) is 8.90. The van der Waals surface area contributed by atoms with E-state index in [0.29, 0.717) is 60.9 Å². The molecule has 0 radical (unpaired) electrons. The first-order valence-corrected chi connectivity index (χ1v) is 21.4. The summed E-state index contributed by atoms with van der Waals surface area (Å²) < 4.78 is 12.3. The van der Waals surface area contributed by atoms with Crippen molar-refractivity contribution in [2.24, 2.45) is 10.8 Å². The van der Waals surface area contributed by atoms with Gasteiger partial charge in [-0.25, -0.2) is 9.59 Å². The highest BCUT2D eigenvalue weighted by Gasteiger charge is 2.76. The van der Waals surface area contributed by atoms with Gasteiger partial charge in [-0.05, 0) is 144 Å². The van der Waals surface area contributed by atoms with Gasteiger partial charge in [0.2, 0.25) is 11.5 Å². The van der Waals surface area contributed by atoms with Crippen molar-refractivity contribution in [1.82, 2.24) is 10.2 Å². The maximum atomic E-state index is 14.4. The van der Waals surface area contributed by atoms with Crippen molar-refractivity contribution in [3.8, 4) is 11.5 Å². The van der Waals surface area contributed by atoms with E-state index in [4.69, 9.17) is 9.47 Å². The number of carboxylic acid groups (broad SMARTS) is 2. The van der Waals surface area contributed by atoms with Gasteiger partial charge in [0.05, 0.1) is 17.9 Å². The van der Waals surface area contributed by atoms with Crippen LogP contribution in [0.4, 0.5) is 0 Å². The molecule has 1 aliphatic carbocycles. The number of likely N-dealkylation sites (tertiary alicyclic amines) is 1. The van der Waals surface area contributed by atoms with E-state index in [1.807, 2.05) is 32.6 Å². The Morgan fingerprint density at radius 2 is 1.45 bits per heavy atom. The highest BCUT2D eigenvalue weighted by molar-refractivity contribution is 5.95. The predicted molar refractivity (Wildman–Crippen MR) is 231 cm³/mol. The number of ether oxygens (including phenoxy) is 2. The minimum Gasteiger partial charge on any atom is -0.507 e. The van der Waals surface area contributed by atoms with Crippen LogP contribution in [0.2, 0.25) is 0 Å². The number of hydrogen-bond donors (Lipinski definition) is 4. The molecule has 1 amide bonds.